The molecule has 2 atom stereocenters. The van der Waals surface area contributed by atoms with Gasteiger partial charge in [0.2, 0.25) is 5.95 Å². The highest BCUT2D eigenvalue weighted by atomic mass is 16.2. The van der Waals surface area contributed by atoms with Gasteiger partial charge in [-0.2, -0.15) is 5.10 Å². The number of imide groups is 1. The second-order valence-electron chi connectivity index (χ2n) is 9.42. The van der Waals surface area contributed by atoms with Crippen molar-refractivity contribution in [3.63, 3.8) is 0 Å². The van der Waals surface area contributed by atoms with Crippen molar-refractivity contribution in [2.75, 3.05) is 5.32 Å². The Hall–Kier alpha value is -3.55. The average Bonchev–Trinajstić information content (AvgIpc) is 3.46. The van der Waals surface area contributed by atoms with E-state index in [-0.39, 0.29) is 29.3 Å². The van der Waals surface area contributed by atoms with Crippen LogP contribution in [0, 0.1) is 0 Å². The van der Waals surface area contributed by atoms with Gasteiger partial charge in [-0.1, -0.05) is 12.1 Å². The van der Waals surface area contributed by atoms with Crippen molar-refractivity contribution in [1.82, 2.24) is 24.6 Å². The van der Waals surface area contributed by atoms with Crippen LogP contribution in [-0.4, -0.2) is 42.5 Å². The molecule has 0 bridgehead atoms. The van der Waals surface area contributed by atoms with Gasteiger partial charge in [0.05, 0.1) is 16.7 Å². The number of hydrogen-bond donors (Lipinski definition) is 1. The number of nitrogens with zero attached hydrogens (tertiary/aromatic N) is 5. The van der Waals surface area contributed by atoms with Crippen LogP contribution in [0.5, 0.6) is 0 Å². The molecular formula is C24H26N6O2. The van der Waals surface area contributed by atoms with Crippen molar-refractivity contribution < 1.29 is 9.59 Å². The van der Waals surface area contributed by atoms with Gasteiger partial charge in [0.1, 0.15) is 0 Å². The maximum absolute atomic E-state index is 12.9. The second-order valence-corrected chi connectivity index (χ2v) is 9.42. The number of carbonyl (C=O) groups is 2. The van der Waals surface area contributed by atoms with E-state index in [1.165, 1.54) is 4.90 Å². The smallest absolute Gasteiger partial charge is 0.261 e. The fourth-order valence-corrected chi connectivity index (χ4v) is 4.76. The molecule has 0 spiro atoms. The molecule has 3 aromatic rings. The lowest BCUT2D eigenvalue weighted by atomic mass is 10.0. The minimum atomic E-state index is -0.222. The first-order valence-electron chi connectivity index (χ1n) is 10.9. The first-order valence-corrected chi connectivity index (χ1v) is 10.9. The van der Waals surface area contributed by atoms with Crippen molar-refractivity contribution in [3.05, 3.63) is 65.6 Å². The van der Waals surface area contributed by atoms with Gasteiger partial charge in [-0.3, -0.25) is 19.2 Å². The summed E-state index contributed by atoms with van der Waals surface area (Å²) in [7, 11) is 0. The van der Waals surface area contributed by atoms with E-state index in [1.807, 2.05) is 10.7 Å². The maximum atomic E-state index is 12.9. The van der Waals surface area contributed by atoms with E-state index in [1.54, 1.807) is 42.7 Å². The Kier molecular flexibility index (Phi) is 4.80. The molecule has 8 nitrogen and oxygen atoms in total. The number of anilines is 2. The summed E-state index contributed by atoms with van der Waals surface area (Å²) in [4.78, 5) is 35.8. The first-order chi connectivity index (χ1) is 15.3. The van der Waals surface area contributed by atoms with Crippen molar-refractivity contribution in [2.24, 2.45) is 0 Å². The number of fused-ring (bicyclic) bond motifs is 1. The molecule has 8 heteroatoms. The van der Waals surface area contributed by atoms with Crippen LogP contribution < -0.4 is 5.32 Å². The highest BCUT2D eigenvalue weighted by Gasteiger charge is 2.43. The van der Waals surface area contributed by atoms with Gasteiger partial charge in [-0.15, -0.1) is 0 Å². The predicted octanol–water partition coefficient (Wildman–Crippen LogP) is 4.10. The molecule has 5 rings (SSSR count). The number of rotatable bonds is 4. The molecule has 1 saturated carbocycles. The monoisotopic (exact) mass is 430 g/mol. The number of amides is 2. The summed E-state index contributed by atoms with van der Waals surface area (Å²) in [6.07, 6.45) is 5.77. The highest BCUT2D eigenvalue weighted by molar-refractivity contribution is 6.21. The molecular weight excluding hydrogens is 404 g/mol. The lowest BCUT2D eigenvalue weighted by Gasteiger charge is -2.25. The van der Waals surface area contributed by atoms with Gasteiger partial charge in [0.25, 0.3) is 11.8 Å². The zero-order valence-corrected chi connectivity index (χ0v) is 18.4. The minimum Gasteiger partial charge on any atom is -0.307 e. The largest absolute Gasteiger partial charge is 0.307 e. The third-order valence-electron chi connectivity index (χ3n) is 6.19. The standard InChI is InChI=1S/C24H26N6O2/c1-24(2,3)30-19(14-20(28-30)27-23-25-11-6-12-26-23)15-9-10-16(13-15)29-21(31)17-7-4-5-8-18(17)22(29)32/h4-8,11-12,14-16H,9-10,13H2,1-3H3,(H,25,26,27,28). The van der Waals surface area contributed by atoms with Crippen molar-refractivity contribution in [3.8, 4) is 0 Å². The van der Waals surface area contributed by atoms with Crippen LogP contribution in [0.25, 0.3) is 0 Å². The van der Waals surface area contributed by atoms with Crippen LogP contribution >= 0.6 is 0 Å². The fourth-order valence-electron chi connectivity index (χ4n) is 4.76. The zero-order chi connectivity index (χ0) is 22.5. The van der Waals surface area contributed by atoms with Crippen molar-refractivity contribution >= 4 is 23.6 Å². The molecule has 2 amide bonds. The van der Waals surface area contributed by atoms with Crippen molar-refractivity contribution in [1.29, 1.82) is 0 Å². The summed E-state index contributed by atoms with van der Waals surface area (Å²) in [5.41, 5.74) is 1.89. The summed E-state index contributed by atoms with van der Waals surface area (Å²) in [5, 5.41) is 7.96. The molecule has 32 heavy (non-hydrogen) atoms. The Labute approximate surface area is 186 Å². The highest BCUT2D eigenvalue weighted by Crippen LogP contribution is 2.41. The topological polar surface area (TPSA) is 93.0 Å². The Balaban J connectivity index is 1.40. The van der Waals surface area contributed by atoms with Crippen LogP contribution in [0.4, 0.5) is 11.8 Å². The molecule has 1 aromatic carbocycles. The van der Waals surface area contributed by atoms with E-state index in [4.69, 9.17) is 5.10 Å². The summed E-state index contributed by atoms with van der Waals surface area (Å²) in [5.74, 6) is 1.02. The van der Waals surface area contributed by atoms with Gasteiger partial charge < -0.3 is 5.32 Å². The molecule has 0 radical (unpaired) electrons. The maximum Gasteiger partial charge on any atom is 0.261 e. The lowest BCUT2D eigenvalue weighted by molar-refractivity contribution is 0.0586. The third-order valence-corrected chi connectivity index (χ3v) is 6.19. The molecule has 2 aromatic heterocycles. The summed E-state index contributed by atoms with van der Waals surface area (Å²) < 4.78 is 2.04. The molecule has 2 aliphatic rings. The zero-order valence-electron chi connectivity index (χ0n) is 18.4. The van der Waals surface area contributed by atoms with Crippen LogP contribution in [0.15, 0.2) is 48.8 Å². The second kappa shape index (κ2) is 7.55. The first kappa shape index (κ1) is 20.4. The number of benzene rings is 1. The third kappa shape index (κ3) is 3.45. The van der Waals surface area contributed by atoms with E-state index in [0.717, 1.165) is 25.0 Å². The van der Waals surface area contributed by atoms with Crippen LogP contribution in [0.1, 0.15) is 72.4 Å². The van der Waals surface area contributed by atoms with Crippen LogP contribution in [0.3, 0.4) is 0 Å². The Morgan fingerprint density at radius 3 is 2.25 bits per heavy atom. The SMILES string of the molecule is CC(C)(C)n1nc(Nc2ncccn2)cc1C1CCC(N2C(=O)c3ccccc3C2=O)C1. The van der Waals surface area contributed by atoms with Gasteiger partial charge in [0, 0.05) is 36.1 Å². The molecule has 1 N–H and O–H groups in total. The van der Waals surface area contributed by atoms with E-state index in [0.29, 0.717) is 22.9 Å². The number of hydrogen-bond acceptors (Lipinski definition) is 6. The van der Waals surface area contributed by atoms with Gasteiger partial charge in [-0.05, 0) is 58.2 Å². The molecule has 2 unspecified atom stereocenters. The van der Waals surface area contributed by atoms with Crippen LogP contribution in [0.2, 0.25) is 0 Å². The van der Waals surface area contributed by atoms with E-state index < -0.39 is 0 Å². The number of aromatic nitrogens is 4. The Morgan fingerprint density at radius 1 is 0.969 bits per heavy atom. The van der Waals surface area contributed by atoms with Gasteiger partial charge in [0.15, 0.2) is 5.82 Å². The van der Waals surface area contributed by atoms with Crippen LogP contribution in [-0.2, 0) is 5.54 Å². The Bertz CT molecular complexity index is 1150. The number of nitrogens with one attached hydrogen (secondary N) is 1. The summed E-state index contributed by atoms with van der Waals surface area (Å²) >= 11 is 0. The summed E-state index contributed by atoms with van der Waals surface area (Å²) in [6.45, 7) is 6.34. The minimum absolute atomic E-state index is 0.107. The van der Waals surface area contributed by atoms with Gasteiger partial charge >= 0.3 is 0 Å². The molecule has 1 aliphatic heterocycles. The van der Waals surface area contributed by atoms with Crippen molar-refractivity contribution in [2.45, 2.75) is 57.5 Å². The Morgan fingerprint density at radius 2 is 1.62 bits per heavy atom. The summed E-state index contributed by atoms with van der Waals surface area (Å²) in [6, 6.07) is 10.8. The molecule has 164 valence electrons. The molecule has 0 saturated heterocycles. The molecule has 1 fully saturated rings. The predicted molar refractivity (Wildman–Crippen MR) is 120 cm³/mol. The fraction of sp³-hybridized carbons (Fsp3) is 0.375. The number of carbonyl (C=O) groups excluding carboxylic acids is 2. The van der Waals surface area contributed by atoms with E-state index in [9.17, 15) is 9.59 Å². The lowest BCUT2D eigenvalue weighted by Crippen LogP contribution is -2.38. The van der Waals surface area contributed by atoms with E-state index in [2.05, 4.69) is 36.1 Å². The molecule has 1 aliphatic carbocycles. The normalized spacial score (nSPS) is 20.7. The van der Waals surface area contributed by atoms with Gasteiger partial charge in [-0.25, -0.2) is 9.97 Å². The molecule has 3 heterocycles. The average molecular weight is 431 g/mol. The quantitative estimate of drug-likeness (QED) is 0.627. The van der Waals surface area contributed by atoms with E-state index >= 15 is 0 Å².